The normalized spacial score (nSPS) is 16.0. The van der Waals surface area contributed by atoms with Gasteiger partial charge in [0.05, 0.1) is 16.2 Å². The van der Waals surface area contributed by atoms with Gasteiger partial charge in [0.2, 0.25) is 0 Å². The van der Waals surface area contributed by atoms with E-state index in [1.54, 1.807) is 30.3 Å². The predicted molar refractivity (Wildman–Crippen MR) is 144 cm³/mol. The van der Waals surface area contributed by atoms with E-state index < -0.39 is 22.9 Å². The van der Waals surface area contributed by atoms with Crippen LogP contribution in [0.15, 0.2) is 42.5 Å². The summed E-state index contributed by atoms with van der Waals surface area (Å²) in [5.41, 5.74) is 1.90. The predicted octanol–water partition coefficient (Wildman–Crippen LogP) is 3.92. The van der Waals surface area contributed by atoms with E-state index in [1.165, 1.54) is 12.1 Å². The molecule has 0 aliphatic carbocycles. The van der Waals surface area contributed by atoms with Gasteiger partial charge in [0.25, 0.3) is 11.6 Å². The van der Waals surface area contributed by atoms with Crippen LogP contribution < -0.4 is 20.4 Å². The van der Waals surface area contributed by atoms with Gasteiger partial charge in [0, 0.05) is 62.8 Å². The summed E-state index contributed by atoms with van der Waals surface area (Å²) in [7, 11) is 0. The average molecular weight is 565 g/mol. The van der Waals surface area contributed by atoms with E-state index >= 15 is 0 Å². The molecule has 0 radical (unpaired) electrons. The average Bonchev–Trinajstić information content (AvgIpc) is 2.92. The number of nitrogens with one attached hydrogen (secondary N) is 2. The van der Waals surface area contributed by atoms with E-state index in [9.17, 15) is 32.9 Å². The fraction of sp³-hybridized carbons (Fsp3) is 0.400. The summed E-state index contributed by atoms with van der Waals surface area (Å²) in [5.74, 6) is -2.40. The van der Waals surface area contributed by atoms with E-state index in [1.807, 2.05) is 9.80 Å². The van der Waals surface area contributed by atoms with Crippen molar-refractivity contribution in [3.05, 3.63) is 58.1 Å². The van der Waals surface area contributed by atoms with E-state index in [4.69, 9.17) is 12.2 Å². The van der Waals surface area contributed by atoms with Crippen LogP contribution in [0.25, 0.3) is 0 Å². The molecule has 10 nitrogen and oxygen atoms in total. The van der Waals surface area contributed by atoms with Crippen molar-refractivity contribution in [1.82, 2.24) is 10.2 Å². The van der Waals surface area contributed by atoms with Crippen LogP contribution in [0.2, 0.25) is 0 Å². The first-order valence-electron chi connectivity index (χ1n) is 12.4. The number of thiocarbonyl (C=S) groups is 1. The summed E-state index contributed by atoms with van der Waals surface area (Å²) in [6.07, 6.45) is -1.86. The number of nitrogens with zero attached hydrogens (tertiary/aromatic N) is 4. The molecule has 2 aromatic carbocycles. The largest absolute Gasteiger partial charge is 0.471 e. The number of benzene rings is 2. The van der Waals surface area contributed by atoms with Crippen LogP contribution in [0, 0.1) is 10.1 Å². The van der Waals surface area contributed by atoms with Crippen LogP contribution in [0.5, 0.6) is 0 Å². The third-order valence-corrected chi connectivity index (χ3v) is 6.86. The smallest absolute Gasteiger partial charge is 0.371 e. The summed E-state index contributed by atoms with van der Waals surface area (Å²) in [6, 6.07) is 11.1. The SMILES string of the molecule is O=C(NC(=S)Nc1ccc(N2CCN(C(=O)C(F)(F)F)CC2)cc1)c1cc([N+](=O)[O-])ccc1N1CCCCC1. The van der Waals surface area contributed by atoms with E-state index in [-0.39, 0.29) is 42.5 Å². The molecule has 2 aromatic rings. The van der Waals surface area contributed by atoms with Crippen molar-refractivity contribution in [3.8, 4) is 0 Å². The third-order valence-electron chi connectivity index (χ3n) is 6.66. The number of piperidine rings is 1. The maximum Gasteiger partial charge on any atom is 0.471 e. The molecule has 0 saturated carbocycles. The molecule has 2 aliphatic heterocycles. The first-order chi connectivity index (χ1) is 18.5. The number of rotatable bonds is 5. The lowest BCUT2D eigenvalue weighted by molar-refractivity contribution is -0.384. The number of carbonyl (C=O) groups is 2. The number of nitro benzene ring substituents is 1. The van der Waals surface area contributed by atoms with Gasteiger partial charge in [-0.15, -0.1) is 0 Å². The Bertz CT molecular complexity index is 1240. The molecule has 14 heteroatoms. The number of non-ortho nitro benzene ring substituents is 1. The number of piperazine rings is 1. The standard InChI is InChI=1S/C25H27F3N6O4S/c26-25(27,28)23(36)33-14-12-31(13-15-33)18-6-4-17(5-7-18)29-24(39)30-22(35)20-16-19(34(37)38)8-9-21(20)32-10-2-1-3-11-32/h4-9,16H,1-3,10-15H2,(H2,29,30,35,39). The summed E-state index contributed by atoms with van der Waals surface area (Å²) in [5, 5.41) is 16.8. The highest BCUT2D eigenvalue weighted by Crippen LogP contribution is 2.28. The third kappa shape index (κ3) is 6.93. The van der Waals surface area contributed by atoms with Crippen LogP contribution in [0.1, 0.15) is 29.6 Å². The molecule has 2 aliphatic rings. The van der Waals surface area contributed by atoms with Gasteiger partial charge in [-0.25, -0.2) is 0 Å². The minimum atomic E-state index is -4.88. The van der Waals surface area contributed by atoms with Gasteiger partial charge in [-0.3, -0.25) is 25.0 Å². The minimum absolute atomic E-state index is 0.00290. The van der Waals surface area contributed by atoms with Gasteiger partial charge in [-0.1, -0.05) is 0 Å². The number of hydrogen-bond donors (Lipinski definition) is 2. The van der Waals surface area contributed by atoms with E-state index in [0.717, 1.165) is 42.9 Å². The summed E-state index contributed by atoms with van der Waals surface area (Å²) < 4.78 is 38.0. The monoisotopic (exact) mass is 564 g/mol. The van der Waals surface area contributed by atoms with E-state index in [2.05, 4.69) is 10.6 Å². The fourth-order valence-electron chi connectivity index (χ4n) is 4.67. The fourth-order valence-corrected chi connectivity index (χ4v) is 4.88. The van der Waals surface area contributed by atoms with Crippen molar-refractivity contribution in [2.24, 2.45) is 0 Å². The molecule has 0 aromatic heterocycles. The van der Waals surface area contributed by atoms with E-state index in [0.29, 0.717) is 11.4 Å². The summed E-state index contributed by atoms with van der Waals surface area (Å²) >= 11 is 5.29. The Hall–Kier alpha value is -3.94. The molecule has 2 heterocycles. The zero-order chi connectivity index (χ0) is 28.2. The highest BCUT2D eigenvalue weighted by Gasteiger charge is 2.43. The van der Waals surface area contributed by atoms with Gasteiger partial charge in [0.1, 0.15) is 0 Å². The van der Waals surface area contributed by atoms with Crippen LogP contribution in [0.4, 0.5) is 35.9 Å². The minimum Gasteiger partial charge on any atom is -0.371 e. The molecule has 4 rings (SSSR count). The number of nitro groups is 1. The van der Waals surface area contributed by atoms with Crippen molar-refractivity contribution >= 4 is 51.9 Å². The van der Waals surface area contributed by atoms with Crippen LogP contribution in [0.3, 0.4) is 0 Å². The second-order valence-electron chi connectivity index (χ2n) is 9.24. The maximum absolute atomic E-state index is 13.1. The zero-order valence-corrected chi connectivity index (χ0v) is 21.7. The van der Waals surface area contributed by atoms with Gasteiger partial charge in [-0.05, 0) is 61.8 Å². The van der Waals surface area contributed by atoms with Crippen LogP contribution >= 0.6 is 12.2 Å². The Morgan fingerprint density at radius 3 is 2.13 bits per heavy atom. The Balaban J connectivity index is 1.36. The van der Waals surface area contributed by atoms with Gasteiger partial charge >= 0.3 is 12.1 Å². The Morgan fingerprint density at radius 1 is 0.897 bits per heavy atom. The lowest BCUT2D eigenvalue weighted by Gasteiger charge is -2.36. The molecule has 208 valence electrons. The quantitative estimate of drug-likeness (QED) is 0.320. The zero-order valence-electron chi connectivity index (χ0n) is 20.9. The topological polar surface area (TPSA) is 111 Å². The molecular formula is C25H27F3N6O4S. The van der Waals surface area contributed by atoms with Gasteiger partial charge < -0.3 is 20.0 Å². The van der Waals surface area contributed by atoms with Gasteiger partial charge in [0.15, 0.2) is 5.11 Å². The molecule has 0 atom stereocenters. The Kier molecular flexibility index (Phi) is 8.53. The first-order valence-corrected chi connectivity index (χ1v) is 12.8. The highest BCUT2D eigenvalue weighted by molar-refractivity contribution is 7.80. The summed E-state index contributed by atoms with van der Waals surface area (Å²) in [6.45, 7) is 1.94. The van der Waals surface area contributed by atoms with Crippen LogP contribution in [-0.2, 0) is 4.79 Å². The molecule has 2 fully saturated rings. The number of alkyl halides is 3. The number of amides is 2. The Morgan fingerprint density at radius 2 is 1.54 bits per heavy atom. The van der Waals surface area contributed by atoms with Crippen molar-refractivity contribution in [2.75, 3.05) is 54.4 Å². The molecule has 0 bridgehead atoms. The molecule has 39 heavy (non-hydrogen) atoms. The van der Waals surface area contributed by atoms with Crippen LogP contribution in [-0.4, -0.2) is 72.2 Å². The number of carbonyl (C=O) groups excluding carboxylic acids is 2. The molecule has 0 spiro atoms. The Labute approximate surface area is 227 Å². The van der Waals surface area contributed by atoms with Crippen molar-refractivity contribution < 1.29 is 27.7 Å². The second-order valence-corrected chi connectivity index (χ2v) is 9.65. The van der Waals surface area contributed by atoms with Crippen molar-refractivity contribution in [2.45, 2.75) is 25.4 Å². The molecule has 0 unspecified atom stereocenters. The lowest BCUT2D eigenvalue weighted by Crippen LogP contribution is -2.52. The molecule has 2 saturated heterocycles. The van der Waals surface area contributed by atoms with Gasteiger partial charge in [-0.2, -0.15) is 13.2 Å². The lowest BCUT2D eigenvalue weighted by atomic mass is 10.1. The molecule has 2 N–H and O–H groups in total. The first kappa shape index (κ1) is 28.1. The second kappa shape index (κ2) is 11.8. The summed E-state index contributed by atoms with van der Waals surface area (Å²) in [4.78, 5) is 40.0. The maximum atomic E-state index is 13.1. The number of halogens is 3. The number of hydrogen-bond acceptors (Lipinski definition) is 7. The van der Waals surface area contributed by atoms with Crippen molar-refractivity contribution in [1.29, 1.82) is 0 Å². The molecular weight excluding hydrogens is 537 g/mol. The number of anilines is 3. The highest BCUT2D eigenvalue weighted by atomic mass is 32.1. The molecule has 2 amide bonds. The van der Waals surface area contributed by atoms with Crippen molar-refractivity contribution in [3.63, 3.8) is 0 Å².